The fourth-order valence-electron chi connectivity index (χ4n) is 4.01. The first-order valence-electron chi connectivity index (χ1n) is 7.40. The highest BCUT2D eigenvalue weighted by Gasteiger charge is 2.42. The largest absolute Gasteiger partial charge is 0.476 e. The molecule has 21 heavy (non-hydrogen) atoms. The average Bonchev–Trinajstić information content (AvgIpc) is 3.09. The van der Waals surface area contributed by atoms with Gasteiger partial charge in [-0.3, -0.25) is 10.1 Å². The number of fused-ring (bicyclic) bond motifs is 2. The molecule has 1 aromatic rings. The van der Waals surface area contributed by atoms with E-state index >= 15 is 0 Å². The predicted octanol–water partition coefficient (Wildman–Crippen LogP) is 2.63. The number of hydrogen-bond donors (Lipinski definition) is 1. The lowest BCUT2D eigenvalue weighted by Gasteiger charge is -2.28. The Morgan fingerprint density at radius 2 is 2.24 bits per heavy atom. The van der Waals surface area contributed by atoms with Gasteiger partial charge in [-0.15, -0.1) is 0 Å². The van der Waals surface area contributed by atoms with Crippen LogP contribution in [0.5, 0.6) is 5.88 Å². The molecule has 1 aromatic heterocycles. The van der Waals surface area contributed by atoms with E-state index in [0.717, 1.165) is 11.8 Å². The van der Waals surface area contributed by atoms with Crippen LogP contribution in [0.1, 0.15) is 32.6 Å². The summed E-state index contributed by atoms with van der Waals surface area (Å²) in [6.45, 7) is 2.09. The topological polar surface area (TPSA) is 90.2 Å². The summed E-state index contributed by atoms with van der Waals surface area (Å²) >= 11 is 0. The summed E-state index contributed by atoms with van der Waals surface area (Å²) in [4.78, 5) is 18.6. The van der Waals surface area contributed by atoms with Crippen LogP contribution in [0.2, 0.25) is 0 Å². The highest BCUT2D eigenvalue weighted by molar-refractivity contribution is 5.61. The number of ether oxygens (including phenoxy) is 1. The van der Waals surface area contributed by atoms with E-state index in [1.807, 2.05) is 0 Å². The second-order valence-electron chi connectivity index (χ2n) is 6.11. The molecule has 3 rings (SSSR count). The van der Waals surface area contributed by atoms with E-state index in [4.69, 9.17) is 4.74 Å². The Balaban J connectivity index is 1.79. The molecule has 0 aliphatic heterocycles. The first-order valence-corrected chi connectivity index (χ1v) is 7.40. The lowest BCUT2D eigenvalue weighted by Crippen LogP contribution is -2.30. The van der Waals surface area contributed by atoms with Gasteiger partial charge in [0.15, 0.2) is 0 Å². The van der Waals surface area contributed by atoms with Crippen molar-refractivity contribution in [1.29, 1.82) is 0 Å². The summed E-state index contributed by atoms with van der Waals surface area (Å²) in [6.07, 6.45) is 6.45. The third-order valence-electron chi connectivity index (χ3n) is 4.96. The van der Waals surface area contributed by atoms with Gasteiger partial charge >= 0.3 is 5.69 Å². The second kappa shape index (κ2) is 5.46. The minimum absolute atomic E-state index is 0.00218. The Bertz CT molecular complexity index is 551. The zero-order chi connectivity index (χ0) is 15.0. The molecule has 1 N–H and O–H groups in total. The van der Waals surface area contributed by atoms with E-state index in [0.29, 0.717) is 5.92 Å². The Hall–Kier alpha value is -1.92. The first kappa shape index (κ1) is 14.0. The normalized spacial score (nSPS) is 28.4. The fourth-order valence-corrected chi connectivity index (χ4v) is 4.01. The van der Waals surface area contributed by atoms with Crippen molar-refractivity contribution in [3.63, 3.8) is 0 Å². The molecule has 4 unspecified atom stereocenters. The van der Waals surface area contributed by atoms with Crippen LogP contribution >= 0.6 is 0 Å². The smallest absolute Gasteiger partial charge is 0.372 e. The van der Waals surface area contributed by atoms with Gasteiger partial charge in [0.1, 0.15) is 6.33 Å². The van der Waals surface area contributed by atoms with Crippen molar-refractivity contribution in [1.82, 2.24) is 9.97 Å². The van der Waals surface area contributed by atoms with Crippen LogP contribution in [0.4, 0.5) is 11.5 Å². The minimum atomic E-state index is -0.491. The molecular weight excluding hydrogens is 272 g/mol. The summed E-state index contributed by atoms with van der Waals surface area (Å²) < 4.78 is 4.97. The average molecular weight is 292 g/mol. The maximum Gasteiger partial charge on any atom is 0.372 e. The Kier molecular flexibility index (Phi) is 3.65. The van der Waals surface area contributed by atoms with Crippen LogP contribution in [0.25, 0.3) is 0 Å². The molecule has 0 aromatic carbocycles. The van der Waals surface area contributed by atoms with Gasteiger partial charge in [0, 0.05) is 6.04 Å². The van der Waals surface area contributed by atoms with Crippen molar-refractivity contribution < 1.29 is 9.66 Å². The predicted molar refractivity (Wildman–Crippen MR) is 77.3 cm³/mol. The SMILES string of the molecule is COc1ncnc(NC(C)C2CC3CCC2C3)c1[N+](=O)[O-]. The number of nitro groups is 1. The van der Waals surface area contributed by atoms with Crippen molar-refractivity contribution in [2.24, 2.45) is 17.8 Å². The lowest BCUT2D eigenvalue weighted by atomic mass is 9.84. The zero-order valence-corrected chi connectivity index (χ0v) is 12.3. The van der Waals surface area contributed by atoms with E-state index in [-0.39, 0.29) is 23.4 Å². The summed E-state index contributed by atoms with van der Waals surface area (Å²) in [7, 11) is 1.37. The number of nitrogens with one attached hydrogen (secondary N) is 1. The Morgan fingerprint density at radius 3 is 2.81 bits per heavy atom. The van der Waals surface area contributed by atoms with E-state index in [2.05, 4.69) is 22.2 Å². The van der Waals surface area contributed by atoms with Gasteiger partial charge in [0.05, 0.1) is 12.0 Å². The van der Waals surface area contributed by atoms with Gasteiger partial charge in [-0.1, -0.05) is 6.42 Å². The van der Waals surface area contributed by atoms with Gasteiger partial charge in [-0.25, -0.2) is 4.98 Å². The maximum atomic E-state index is 11.2. The van der Waals surface area contributed by atoms with Crippen LogP contribution in [-0.4, -0.2) is 28.0 Å². The first-order chi connectivity index (χ1) is 10.1. The van der Waals surface area contributed by atoms with Gasteiger partial charge in [-0.2, -0.15) is 4.98 Å². The molecule has 7 nitrogen and oxygen atoms in total. The van der Waals surface area contributed by atoms with Crippen molar-refractivity contribution in [2.75, 3.05) is 12.4 Å². The second-order valence-corrected chi connectivity index (χ2v) is 6.11. The minimum Gasteiger partial charge on any atom is -0.476 e. The summed E-state index contributed by atoms with van der Waals surface area (Å²) in [6, 6.07) is 0.165. The molecule has 0 amide bonds. The molecule has 4 atom stereocenters. The Labute approximate surface area is 123 Å². The molecule has 7 heteroatoms. The molecule has 2 aliphatic carbocycles. The van der Waals surface area contributed by atoms with E-state index in [1.165, 1.54) is 39.1 Å². The molecule has 2 aliphatic rings. The van der Waals surface area contributed by atoms with Gasteiger partial charge < -0.3 is 10.1 Å². The summed E-state index contributed by atoms with van der Waals surface area (Å²) in [5, 5.41) is 14.5. The standard InChI is InChI=1S/C14H20N4O3/c1-8(11-6-9-3-4-10(11)5-9)17-13-12(18(19)20)14(21-2)16-7-15-13/h7-11H,3-6H2,1-2H3,(H,15,16,17). The summed E-state index contributed by atoms with van der Waals surface area (Å²) in [5.41, 5.74) is -0.185. The molecule has 2 saturated carbocycles. The number of aromatic nitrogens is 2. The van der Waals surface area contributed by atoms with Gasteiger partial charge in [0.2, 0.25) is 5.82 Å². The van der Waals surface area contributed by atoms with Gasteiger partial charge in [0.25, 0.3) is 5.88 Å². The number of rotatable bonds is 5. The van der Waals surface area contributed by atoms with Crippen molar-refractivity contribution in [3.8, 4) is 5.88 Å². The fraction of sp³-hybridized carbons (Fsp3) is 0.714. The number of nitrogens with zero attached hydrogens (tertiary/aromatic N) is 3. The third kappa shape index (κ3) is 2.52. The summed E-state index contributed by atoms with van der Waals surface area (Å²) in [5.74, 6) is 2.42. The maximum absolute atomic E-state index is 11.2. The highest BCUT2D eigenvalue weighted by atomic mass is 16.6. The van der Waals surface area contributed by atoms with Crippen molar-refractivity contribution >= 4 is 11.5 Å². The van der Waals surface area contributed by atoms with E-state index < -0.39 is 4.92 Å². The number of methoxy groups -OCH3 is 1. The molecule has 0 saturated heterocycles. The van der Waals surface area contributed by atoms with Crippen LogP contribution in [0, 0.1) is 27.9 Å². The molecule has 0 radical (unpaired) electrons. The highest BCUT2D eigenvalue weighted by Crippen LogP contribution is 2.50. The van der Waals surface area contributed by atoms with E-state index in [1.54, 1.807) is 0 Å². The van der Waals surface area contributed by atoms with Crippen LogP contribution in [0.3, 0.4) is 0 Å². The third-order valence-corrected chi connectivity index (χ3v) is 4.96. The van der Waals surface area contributed by atoms with Crippen molar-refractivity contribution in [3.05, 3.63) is 16.4 Å². The quantitative estimate of drug-likeness (QED) is 0.662. The molecule has 0 spiro atoms. The molecular formula is C14H20N4O3. The number of hydrogen-bond acceptors (Lipinski definition) is 6. The lowest BCUT2D eigenvalue weighted by molar-refractivity contribution is -0.385. The van der Waals surface area contributed by atoms with Crippen molar-refractivity contribution in [2.45, 2.75) is 38.6 Å². The van der Waals surface area contributed by atoms with Crippen LogP contribution in [-0.2, 0) is 0 Å². The monoisotopic (exact) mass is 292 g/mol. The van der Waals surface area contributed by atoms with Crippen LogP contribution in [0.15, 0.2) is 6.33 Å². The molecule has 1 heterocycles. The van der Waals surface area contributed by atoms with E-state index in [9.17, 15) is 10.1 Å². The number of anilines is 1. The zero-order valence-electron chi connectivity index (χ0n) is 12.3. The molecule has 114 valence electrons. The van der Waals surface area contributed by atoms with Gasteiger partial charge in [-0.05, 0) is 43.9 Å². The Morgan fingerprint density at radius 1 is 1.43 bits per heavy atom. The molecule has 2 bridgehead atoms. The molecule has 2 fully saturated rings. The van der Waals surface area contributed by atoms with Crippen LogP contribution < -0.4 is 10.1 Å².